The molecule has 35 heavy (non-hydrogen) atoms. The molecule has 13 heteroatoms. The molecule has 0 amide bonds. The molecule has 1 N–H and O–H groups in total. The molecule has 1 saturated heterocycles. The standard InChI is InChI=1S/C22H20Cl2N4O7/c1-33-21(31)18-20(30)25-22(32)28(26-18)13-8-15(23)19(16(24)9-13)35-14-2-3-17(29)27(11-14)10-12-4-6-34-7-5-12/h2-3,8-9,11-12H,4-7,10H2,1H3,(H,25,30,32). The van der Waals surface area contributed by atoms with Gasteiger partial charge < -0.3 is 18.8 Å². The van der Waals surface area contributed by atoms with Crippen LogP contribution in [0.4, 0.5) is 0 Å². The third kappa shape index (κ3) is 5.47. The van der Waals surface area contributed by atoms with E-state index in [0.29, 0.717) is 31.4 Å². The Morgan fingerprint density at radius 2 is 1.86 bits per heavy atom. The molecule has 3 aromatic rings. The topological polar surface area (TPSA) is 135 Å². The second-order valence-corrected chi connectivity index (χ2v) is 8.58. The summed E-state index contributed by atoms with van der Waals surface area (Å²) in [4.78, 5) is 50.2. The molecule has 0 saturated carbocycles. The van der Waals surface area contributed by atoms with Crippen LogP contribution in [0, 0.1) is 5.92 Å². The van der Waals surface area contributed by atoms with Gasteiger partial charge in [-0.25, -0.2) is 9.59 Å². The molecule has 4 rings (SSSR count). The first-order chi connectivity index (χ1) is 16.8. The van der Waals surface area contributed by atoms with Gasteiger partial charge >= 0.3 is 11.7 Å². The second kappa shape index (κ2) is 10.5. The number of rotatable bonds is 6. The highest BCUT2D eigenvalue weighted by atomic mass is 35.5. The van der Waals surface area contributed by atoms with Crippen LogP contribution in [-0.2, 0) is 16.0 Å². The average molecular weight is 523 g/mol. The molecule has 0 atom stereocenters. The van der Waals surface area contributed by atoms with Gasteiger partial charge in [-0.2, -0.15) is 9.78 Å². The summed E-state index contributed by atoms with van der Waals surface area (Å²) in [6.45, 7) is 1.87. The molecule has 1 aliphatic rings. The number of pyridine rings is 1. The fourth-order valence-corrected chi connectivity index (χ4v) is 4.16. The lowest BCUT2D eigenvalue weighted by Crippen LogP contribution is -2.36. The number of H-pyrrole nitrogens is 1. The average Bonchev–Trinajstić information content (AvgIpc) is 2.83. The number of aromatic nitrogens is 4. The number of nitrogens with zero attached hydrogens (tertiary/aromatic N) is 3. The first kappa shape index (κ1) is 24.7. The largest absolute Gasteiger partial charge is 0.464 e. The predicted molar refractivity (Wildman–Crippen MR) is 126 cm³/mol. The highest BCUT2D eigenvalue weighted by Crippen LogP contribution is 2.38. The maximum absolute atomic E-state index is 12.3. The summed E-state index contributed by atoms with van der Waals surface area (Å²) in [5.74, 6) is -0.284. The summed E-state index contributed by atoms with van der Waals surface area (Å²) in [7, 11) is 1.07. The van der Waals surface area contributed by atoms with Crippen LogP contribution in [0.5, 0.6) is 11.5 Å². The normalized spacial score (nSPS) is 14.0. The third-order valence-electron chi connectivity index (χ3n) is 5.41. The van der Waals surface area contributed by atoms with Crippen molar-refractivity contribution >= 4 is 29.2 Å². The smallest absolute Gasteiger partial charge is 0.364 e. The van der Waals surface area contributed by atoms with Gasteiger partial charge in [-0.1, -0.05) is 23.2 Å². The molecule has 0 radical (unpaired) electrons. The predicted octanol–water partition coefficient (Wildman–Crippen LogP) is 2.39. The molecule has 1 aromatic carbocycles. The molecule has 0 unspecified atom stereocenters. The lowest BCUT2D eigenvalue weighted by Gasteiger charge is -2.23. The number of halogens is 2. The van der Waals surface area contributed by atoms with E-state index in [1.54, 1.807) is 10.8 Å². The van der Waals surface area contributed by atoms with Crippen LogP contribution in [0.2, 0.25) is 10.0 Å². The van der Waals surface area contributed by atoms with Gasteiger partial charge in [-0.05, 0) is 37.0 Å². The lowest BCUT2D eigenvalue weighted by molar-refractivity contribution is 0.0588. The van der Waals surface area contributed by atoms with Crippen LogP contribution < -0.4 is 21.5 Å². The van der Waals surface area contributed by atoms with E-state index < -0.39 is 22.9 Å². The Kier molecular flexibility index (Phi) is 7.39. The van der Waals surface area contributed by atoms with Crippen LogP contribution in [0.25, 0.3) is 5.69 Å². The zero-order valence-corrected chi connectivity index (χ0v) is 20.0. The summed E-state index contributed by atoms with van der Waals surface area (Å²) < 4.78 is 18.1. The van der Waals surface area contributed by atoms with Crippen LogP contribution in [-0.4, -0.2) is 45.6 Å². The number of ether oxygens (including phenoxy) is 3. The van der Waals surface area contributed by atoms with E-state index in [1.165, 1.54) is 24.3 Å². The van der Waals surface area contributed by atoms with Gasteiger partial charge in [0.2, 0.25) is 5.69 Å². The van der Waals surface area contributed by atoms with Crippen molar-refractivity contribution in [3.63, 3.8) is 0 Å². The van der Waals surface area contributed by atoms with E-state index in [1.807, 2.05) is 4.98 Å². The number of aromatic amines is 1. The summed E-state index contributed by atoms with van der Waals surface area (Å²) in [5, 5.41) is 3.81. The van der Waals surface area contributed by atoms with Crippen molar-refractivity contribution in [2.24, 2.45) is 5.92 Å². The zero-order valence-electron chi connectivity index (χ0n) is 18.5. The Labute approximate surface area is 207 Å². The van der Waals surface area contributed by atoms with E-state index in [4.69, 9.17) is 32.7 Å². The highest BCUT2D eigenvalue weighted by Gasteiger charge is 2.19. The van der Waals surface area contributed by atoms with Crippen LogP contribution in [0.15, 0.2) is 44.8 Å². The van der Waals surface area contributed by atoms with Gasteiger partial charge in [0, 0.05) is 32.0 Å². The van der Waals surface area contributed by atoms with Gasteiger partial charge in [-0.15, -0.1) is 0 Å². The molecule has 1 aliphatic heterocycles. The molecule has 184 valence electrons. The summed E-state index contributed by atoms with van der Waals surface area (Å²) in [5.41, 5.74) is -2.62. The number of carbonyl (C=O) groups excluding carboxylic acids is 1. The number of methoxy groups -OCH3 is 1. The quantitative estimate of drug-likeness (QED) is 0.487. The van der Waals surface area contributed by atoms with Crippen molar-refractivity contribution < 1.29 is 19.0 Å². The fraction of sp³-hybridized carbons (Fsp3) is 0.318. The minimum Gasteiger partial charge on any atom is -0.464 e. The number of carbonyl (C=O) groups is 1. The van der Waals surface area contributed by atoms with Crippen molar-refractivity contribution in [3.8, 4) is 17.2 Å². The first-order valence-corrected chi connectivity index (χ1v) is 11.3. The molecule has 11 nitrogen and oxygen atoms in total. The molecule has 0 aliphatic carbocycles. The zero-order chi connectivity index (χ0) is 25.1. The maximum atomic E-state index is 12.3. The second-order valence-electron chi connectivity index (χ2n) is 7.76. The van der Waals surface area contributed by atoms with Crippen molar-refractivity contribution in [1.29, 1.82) is 0 Å². The molecular weight excluding hydrogens is 503 g/mol. The Bertz CT molecular complexity index is 1420. The number of hydrogen-bond donors (Lipinski definition) is 1. The minimum absolute atomic E-state index is 0.0224. The van der Waals surface area contributed by atoms with Crippen molar-refractivity contribution in [2.45, 2.75) is 19.4 Å². The van der Waals surface area contributed by atoms with E-state index in [9.17, 15) is 19.2 Å². The molecule has 0 spiro atoms. The van der Waals surface area contributed by atoms with Gasteiger partial charge in [0.1, 0.15) is 5.75 Å². The summed E-state index contributed by atoms with van der Waals surface area (Å²) in [6, 6.07) is 5.55. The Morgan fingerprint density at radius 3 is 2.51 bits per heavy atom. The van der Waals surface area contributed by atoms with Crippen LogP contribution >= 0.6 is 23.2 Å². The number of hydrogen-bond acceptors (Lipinski definition) is 8. The fourth-order valence-electron chi connectivity index (χ4n) is 3.61. The highest BCUT2D eigenvalue weighted by molar-refractivity contribution is 6.37. The monoisotopic (exact) mass is 522 g/mol. The van der Waals surface area contributed by atoms with Gasteiger partial charge in [0.25, 0.3) is 11.1 Å². The lowest BCUT2D eigenvalue weighted by atomic mass is 10.0. The maximum Gasteiger partial charge on any atom is 0.364 e. The van der Waals surface area contributed by atoms with E-state index in [2.05, 4.69) is 9.84 Å². The number of benzene rings is 1. The molecular formula is C22H20Cl2N4O7. The molecule has 1 fully saturated rings. The van der Waals surface area contributed by atoms with Crippen LogP contribution in [0.1, 0.15) is 23.3 Å². The van der Waals surface area contributed by atoms with Gasteiger partial charge in [0.05, 0.1) is 22.8 Å². The Morgan fingerprint density at radius 1 is 1.17 bits per heavy atom. The Hall–Kier alpha value is -3.41. The summed E-state index contributed by atoms with van der Waals surface area (Å²) >= 11 is 12.8. The Balaban J connectivity index is 1.64. The van der Waals surface area contributed by atoms with Crippen LogP contribution in [0.3, 0.4) is 0 Å². The van der Waals surface area contributed by atoms with Crippen molar-refractivity contribution in [2.75, 3.05) is 20.3 Å². The SMILES string of the molecule is COC(=O)c1nn(-c2cc(Cl)c(Oc3ccc(=O)n(CC4CCOCC4)c3)c(Cl)c2)c(=O)[nH]c1=O. The van der Waals surface area contributed by atoms with Crippen molar-refractivity contribution in [1.82, 2.24) is 19.3 Å². The van der Waals surface area contributed by atoms with E-state index in [0.717, 1.165) is 24.6 Å². The molecule has 2 aromatic heterocycles. The van der Waals surface area contributed by atoms with Gasteiger partial charge in [0.15, 0.2) is 5.75 Å². The van der Waals surface area contributed by atoms with E-state index >= 15 is 0 Å². The molecule has 0 bridgehead atoms. The molecule has 3 heterocycles. The first-order valence-electron chi connectivity index (χ1n) is 10.5. The number of nitrogens with one attached hydrogen (secondary N) is 1. The minimum atomic E-state index is -1.02. The summed E-state index contributed by atoms with van der Waals surface area (Å²) in [6.07, 6.45) is 3.31. The van der Waals surface area contributed by atoms with Gasteiger partial charge in [-0.3, -0.25) is 14.6 Å². The van der Waals surface area contributed by atoms with Crippen molar-refractivity contribution in [3.05, 3.63) is 77.4 Å². The number of esters is 1. The third-order valence-corrected chi connectivity index (χ3v) is 5.97. The van der Waals surface area contributed by atoms with E-state index in [-0.39, 0.29) is 27.0 Å².